The lowest BCUT2D eigenvalue weighted by molar-refractivity contribution is -0.139. The number of hydrogen-bond acceptors (Lipinski definition) is 5. The molecule has 0 radical (unpaired) electrons. The summed E-state index contributed by atoms with van der Waals surface area (Å²) in [5, 5.41) is 14.8. The zero-order chi connectivity index (χ0) is 27.6. The Kier molecular flexibility index (Phi) is 7.26. The molecule has 39 heavy (non-hydrogen) atoms. The van der Waals surface area contributed by atoms with E-state index in [0.717, 1.165) is 32.5 Å². The Morgan fingerprint density at radius 2 is 1.51 bits per heavy atom. The van der Waals surface area contributed by atoms with E-state index in [1.165, 1.54) is 16.7 Å². The normalized spacial score (nSPS) is 12.3. The molecule has 0 saturated carbocycles. The summed E-state index contributed by atoms with van der Waals surface area (Å²) in [6, 6.07) is 24.6. The lowest BCUT2D eigenvalue weighted by Gasteiger charge is -2.16. The number of nitrogens with zero attached hydrogens (tertiary/aromatic N) is 2. The molecule has 7 heteroatoms. The molecule has 196 valence electrons. The van der Waals surface area contributed by atoms with Crippen LogP contribution in [0.4, 0.5) is 0 Å². The minimum absolute atomic E-state index is 0.0718. The van der Waals surface area contributed by atoms with Gasteiger partial charge in [-0.05, 0) is 45.5 Å². The molecule has 5 rings (SSSR count). The van der Waals surface area contributed by atoms with Crippen LogP contribution in [0.5, 0.6) is 0 Å². The summed E-state index contributed by atoms with van der Waals surface area (Å²) in [4.78, 5) is 35.3. The number of carboxylic acid groups (broad SMARTS) is 1. The van der Waals surface area contributed by atoms with Crippen molar-refractivity contribution in [1.29, 1.82) is 0 Å². The van der Waals surface area contributed by atoms with E-state index in [4.69, 9.17) is 0 Å². The zero-order valence-corrected chi connectivity index (χ0v) is 22.8. The molecule has 0 saturated heterocycles. The number of carbonyl (C=O) groups is 2. The summed E-state index contributed by atoms with van der Waals surface area (Å²) < 4.78 is 0. The number of carboxylic acids is 1. The highest BCUT2D eigenvalue weighted by molar-refractivity contribution is 7.14. The van der Waals surface area contributed by atoms with E-state index in [2.05, 4.69) is 66.4 Å². The third-order valence-electron chi connectivity index (χ3n) is 6.56. The van der Waals surface area contributed by atoms with Gasteiger partial charge in [0.2, 0.25) is 0 Å². The van der Waals surface area contributed by atoms with Crippen LogP contribution in [0.3, 0.4) is 0 Å². The quantitative estimate of drug-likeness (QED) is 0.241. The van der Waals surface area contributed by atoms with E-state index in [1.807, 2.05) is 54.9 Å². The summed E-state index contributed by atoms with van der Waals surface area (Å²) in [6.45, 7) is 6.23. The fourth-order valence-corrected chi connectivity index (χ4v) is 5.28. The molecule has 0 spiro atoms. The van der Waals surface area contributed by atoms with Gasteiger partial charge in [-0.25, -0.2) is 14.8 Å². The van der Waals surface area contributed by atoms with Crippen LogP contribution in [-0.2, 0) is 16.6 Å². The zero-order valence-electron chi connectivity index (χ0n) is 22.0. The summed E-state index contributed by atoms with van der Waals surface area (Å²) in [6.07, 6.45) is 3.79. The number of rotatable bonds is 7. The first-order valence-electron chi connectivity index (χ1n) is 12.7. The maximum atomic E-state index is 12.7. The van der Waals surface area contributed by atoms with Crippen molar-refractivity contribution in [2.75, 3.05) is 0 Å². The second-order valence-corrected chi connectivity index (χ2v) is 11.6. The molecule has 3 aromatic carbocycles. The number of aromatic nitrogens is 2. The van der Waals surface area contributed by atoms with Gasteiger partial charge in [0, 0.05) is 34.8 Å². The molecule has 1 atom stereocenters. The lowest BCUT2D eigenvalue weighted by atomic mass is 9.95. The number of hydrogen-bond donors (Lipinski definition) is 2. The molecule has 0 bridgehead atoms. The van der Waals surface area contributed by atoms with Crippen molar-refractivity contribution in [2.24, 2.45) is 0 Å². The van der Waals surface area contributed by atoms with Crippen molar-refractivity contribution in [1.82, 2.24) is 15.3 Å². The molecule has 1 amide bonds. The van der Waals surface area contributed by atoms with Gasteiger partial charge in [-0.2, -0.15) is 0 Å². The van der Waals surface area contributed by atoms with E-state index in [9.17, 15) is 14.7 Å². The largest absolute Gasteiger partial charge is 0.480 e. The maximum absolute atomic E-state index is 12.7. The monoisotopic (exact) mass is 535 g/mol. The Balaban J connectivity index is 1.26. The van der Waals surface area contributed by atoms with Gasteiger partial charge in [-0.1, -0.05) is 81.4 Å². The van der Waals surface area contributed by atoms with Gasteiger partial charge in [0.15, 0.2) is 5.82 Å². The highest BCUT2D eigenvalue weighted by Crippen LogP contribution is 2.29. The highest BCUT2D eigenvalue weighted by atomic mass is 32.1. The summed E-state index contributed by atoms with van der Waals surface area (Å²) in [5.41, 5.74) is 3.53. The number of benzene rings is 3. The minimum Gasteiger partial charge on any atom is -0.480 e. The Morgan fingerprint density at radius 3 is 2.15 bits per heavy atom. The molecule has 0 aliphatic heterocycles. The van der Waals surface area contributed by atoms with Crippen molar-refractivity contribution in [3.63, 3.8) is 0 Å². The van der Waals surface area contributed by atoms with E-state index >= 15 is 0 Å². The summed E-state index contributed by atoms with van der Waals surface area (Å²) in [5.74, 6) is -0.867. The maximum Gasteiger partial charge on any atom is 0.326 e. The average Bonchev–Trinajstić information content (AvgIpc) is 3.44. The SMILES string of the molecule is CC(C)(C)c1ccc(C(=O)NC(Cc2ccc(-c3ncc(-c4ccc5ccccc5c4)cn3)cc2)C(=O)O)s1. The molecule has 2 N–H and O–H groups in total. The lowest BCUT2D eigenvalue weighted by Crippen LogP contribution is -2.42. The van der Waals surface area contributed by atoms with Crippen molar-refractivity contribution in [2.45, 2.75) is 38.6 Å². The molecule has 0 aliphatic carbocycles. The molecule has 6 nitrogen and oxygen atoms in total. The minimum atomic E-state index is -1.08. The summed E-state index contributed by atoms with van der Waals surface area (Å²) in [7, 11) is 0. The van der Waals surface area contributed by atoms with E-state index in [0.29, 0.717) is 10.7 Å². The van der Waals surface area contributed by atoms with Crippen LogP contribution in [0.25, 0.3) is 33.3 Å². The average molecular weight is 536 g/mol. The second-order valence-electron chi connectivity index (χ2n) is 10.5. The number of amides is 1. The van der Waals surface area contributed by atoms with Crippen LogP contribution >= 0.6 is 11.3 Å². The first-order chi connectivity index (χ1) is 18.7. The van der Waals surface area contributed by atoms with Gasteiger partial charge in [0.1, 0.15) is 6.04 Å². The van der Waals surface area contributed by atoms with Crippen LogP contribution in [0, 0.1) is 0 Å². The standard InChI is InChI=1S/C32H29N3O3S/c1-32(2,3)28-15-14-27(39-28)30(36)35-26(31(37)38)16-20-8-10-22(11-9-20)29-33-18-25(19-34-29)24-13-12-21-6-4-5-7-23(21)17-24/h4-15,17-19,26H,16H2,1-3H3,(H,35,36)(H,37,38). The van der Waals surface area contributed by atoms with Gasteiger partial charge in [-0.3, -0.25) is 4.79 Å². The van der Waals surface area contributed by atoms with Crippen LogP contribution in [0.1, 0.15) is 40.9 Å². The first-order valence-corrected chi connectivity index (χ1v) is 13.5. The van der Waals surface area contributed by atoms with Crippen molar-refractivity contribution >= 4 is 34.0 Å². The van der Waals surface area contributed by atoms with Gasteiger partial charge in [0.25, 0.3) is 5.91 Å². The van der Waals surface area contributed by atoms with Crippen LogP contribution in [-0.4, -0.2) is 33.0 Å². The Hall–Kier alpha value is -4.36. The Bertz CT molecular complexity index is 1630. The number of thiophene rings is 1. The summed E-state index contributed by atoms with van der Waals surface area (Å²) >= 11 is 1.39. The van der Waals surface area contributed by atoms with Crippen LogP contribution in [0.2, 0.25) is 0 Å². The number of aliphatic carboxylic acids is 1. The van der Waals surface area contributed by atoms with E-state index in [1.54, 1.807) is 6.07 Å². The molecule has 2 aromatic heterocycles. The van der Waals surface area contributed by atoms with Gasteiger partial charge in [0.05, 0.1) is 4.88 Å². The van der Waals surface area contributed by atoms with E-state index < -0.39 is 12.0 Å². The van der Waals surface area contributed by atoms with Crippen molar-refractivity contribution < 1.29 is 14.7 Å². The molecule has 2 heterocycles. The Morgan fingerprint density at radius 1 is 0.846 bits per heavy atom. The van der Waals surface area contributed by atoms with Gasteiger partial charge >= 0.3 is 5.97 Å². The third-order valence-corrected chi connectivity index (χ3v) is 8.07. The van der Waals surface area contributed by atoms with Crippen molar-refractivity contribution in [3.8, 4) is 22.5 Å². The number of carbonyl (C=O) groups excluding carboxylic acids is 1. The first kappa shape index (κ1) is 26.3. The fraction of sp³-hybridized carbons (Fsp3) is 0.188. The Labute approximate surface area is 231 Å². The molecule has 1 unspecified atom stereocenters. The van der Waals surface area contributed by atoms with Gasteiger partial charge in [-0.15, -0.1) is 11.3 Å². The number of nitrogens with one attached hydrogen (secondary N) is 1. The smallest absolute Gasteiger partial charge is 0.326 e. The highest BCUT2D eigenvalue weighted by Gasteiger charge is 2.24. The van der Waals surface area contributed by atoms with E-state index in [-0.39, 0.29) is 17.7 Å². The number of fused-ring (bicyclic) bond motifs is 1. The third kappa shape index (κ3) is 6.04. The predicted octanol–water partition coefficient (Wildman–Crippen LogP) is 6.75. The predicted molar refractivity (Wildman–Crippen MR) is 156 cm³/mol. The molecule has 0 fully saturated rings. The topological polar surface area (TPSA) is 92.2 Å². The van der Waals surface area contributed by atoms with Crippen LogP contribution < -0.4 is 5.32 Å². The fourth-order valence-electron chi connectivity index (χ4n) is 4.31. The van der Waals surface area contributed by atoms with Crippen LogP contribution in [0.15, 0.2) is 91.3 Å². The molecular weight excluding hydrogens is 506 g/mol. The van der Waals surface area contributed by atoms with Crippen molar-refractivity contribution in [3.05, 3.63) is 107 Å². The molecular formula is C32H29N3O3S. The molecule has 0 aliphatic rings. The molecule has 5 aromatic rings. The van der Waals surface area contributed by atoms with Gasteiger partial charge < -0.3 is 10.4 Å². The second kappa shape index (κ2) is 10.8.